The van der Waals surface area contributed by atoms with Gasteiger partial charge < -0.3 is 15.4 Å². The van der Waals surface area contributed by atoms with Crippen molar-refractivity contribution in [2.24, 2.45) is 16.6 Å². The van der Waals surface area contributed by atoms with Gasteiger partial charge in [0.1, 0.15) is 0 Å². The van der Waals surface area contributed by atoms with Gasteiger partial charge in [-0.05, 0) is 23.8 Å². The maximum Gasteiger partial charge on any atom is 0.191 e. The van der Waals surface area contributed by atoms with Crippen LogP contribution in [-0.4, -0.2) is 43.7 Å². The van der Waals surface area contributed by atoms with Gasteiger partial charge in [0.15, 0.2) is 5.96 Å². The minimum absolute atomic E-state index is 0. The lowest BCUT2D eigenvalue weighted by molar-refractivity contribution is 0.0674. The largest absolute Gasteiger partial charge is 0.378 e. The van der Waals surface area contributed by atoms with Crippen LogP contribution in [0.2, 0.25) is 0 Å². The Morgan fingerprint density at radius 1 is 1.25 bits per heavy atom. The summed E-state index contributed by atoms with van der Waals surface area (Å²) in [5, 5.41) is 0. The summed E-state index contributed by atoms with van der Waals surface area (Å²) >= 11 is 0. The average molecular weight is 387 g/mol. The average Bonchev–Trinajstić information content (AvgIpc) is 3.26. The lowest BCUT2D eigenvalue weighted by atomic mass is 10.1. The lowest BCUT2D eigenvalue weighted by Crippen LogP contribution is -2.44. The topological polar surface area (TPSA) is 50.8 Å². The van der Waals surface area contributed by atoms with Crippen LogP contribution in [0.4, 0.5) is 0 Å². The molecule has 4 nitrogen and oxygen atoms in total. The number of halogens is 1. The lowest BCUT2D eigenvalue weighted by Gasteiger charge is -2.27. The smallest absolute Gasteiger partial charge is 0.191 e. The van der Waals surface area contributed by atoms with Gasteiger partial charge in [-0.2, -0.15) is 0 Å². The van der Waals surface area contributed by atoms with Gasteiger partial charge in [-0.15, -0.1) is 24.0 Å². The Bertz CT molecular complexity index is 446. The van der Waals surface area contributed by atoms with E-state index in [1.54, 1.807) is 0 Å². The van der Waals surface area contributed by atoms with Crippen molar-refractivity contribution in [3.8, 4) is 0 Å². The Hall–Kier alpha value is -0.820. The molecule has 0 aromatic heterocycles. The molecule has 1 saturated carbocycles. The van der Waals surface area contributed by atoms with Crippen LogP contribution in [0.15, 0.2) is 35.3 Å². The van der Waals surface area contributed by atoms with E-state index >= 15 is 0 Å². The number of rotatable bonds is 3. The molecule has 2 unspecified atom stereocenters. The predicted molar refractivity (Wildman–Crippen MR) is 91.6 cm³/mol. The number of hydrogen-bond acceptors (Lipinski definition) is 2. The van der Waals surface area contributed by atoms with Gasteiger partial charge in [0, 0.05) is 19.6 Å². The molecule has 5 heteroatoms. The van der Waals surface area contributed by atoms with Crippen molar-refractivity contribution in [2.45, 2.75) is 12.3 Å². The summed E-state index contributed by atoms with van der Waals surface area (Å²) in [5.74, 6) is 2.03. The first-order valence-electron chi connectivity index (χ1n) is 7.02. The van der Waals surface area contributed by atoms with Crippen molar-refractivity contribution < 1.29 is 4.74 Å². The molecular formula is C15H22IN3O. The first kappa shape index (κ1) is 15.6. The number of aliphatic imine (C=N–C) groups is 1. The molecule has 1 aromatic carbocycles. The molecular weight excluding hydrogens is 365 g/mol. The van der Waals surface area contributed by atoms with Crippen molar-refractivity contribution in [2.75, 3.05) is 32.8 Å². The Morgan fingerprint density at radius 2 is 1.95 bits per heavy atom. The van der Waals surface area contributed by atoms with Gasteiger partial charge in [-0.1, -0.05) is 30.3 Å². The molecule has 0 radical (unpaired) electrons. The van der Waals surface area contributed by atoms with E-state index in [2.05, 4.69) is 40.2 Å². The molecule has 2 N–H and O–H groups in total. The maximum atomic E-state index is 6.03. The van der Waals surface area contributed by atoms with Crippen molar-refractivity contribution >= 4 is 29.9 Å². The standard InChI is InChI=1S/C15H21N3O.HI/c16-15(18-6-8-19-9-7-18)17-11-13-10-14(13)12-4-2-1-3-5-12;/h1-5,13-14H,6-11H2,(H2,16,17);1H. The highest BCUT2D eigenvalue weighted by atomic mass is 127. The van der Waals surface area contributed by atoms with Crippen LogP contribution in [0.25, 0.3) is 0 Å². The van der Waals surface area contributed by atoms with Crippen LogP contribution in [0.5, 0.6) is 0 Å². The SMILES string of the molecule is I.NC(=NCC1CC1c1ccccc1)N1CCOCC1. The number of hydrogen-bond donors (Lipinski definition) is 1. The zero-order valence-electron chi connectivity index (χ0n) is 11.6. The second-order valence-electron chi connectivity index (χ2n) is 5.31. The second kappa shape index (κ2) is 7.26. The van der Waals surface area contributed by atoms with Crippen LogP contribution in [-0.2, 0) is 4.74 Å². The molecule has 110 valence electrons. The number of morpholine rings is 1. The molecule has 1 aliphatic carbocycles. The highest BCUT2D eigenvalue weighted by Crippen LogP contribution is 2.47. The maximum absolute atomic E-state index is 6.03. The summed E-state index contributed by atoms with van der Waals surface area (Å²) in [6.07, 6.45) is 1.24. The number of benzene rings is 1. The van der Waals surface area contributed by atoms with Gasteiger partial charge in [0.25, 0.3) is 0 Å². The van der Waals surface area contributed by atoms with Crippen molar-refractivity contribution in [1.29, 1.82) is 0 Å². The van der Waals surface area contributed by atoms with Crippen molar-refractivity contribution in [3.63, 3.8) is 0 Å². The van der Waals surface area contributed by atoms with E-state index in [4.69, 9.17) is 10.5 Å². The predicted octanol–water partition coefficient (Wildman–Crippen LogP) is 2.06. The first-order valence-corrected chi connectivity index (χ1v) is 7.02. The molecule has 1 saturated heterocycles. The van der Waals surface area contributed by atoms with Gasteiger partial charge in [0.05, 0.1) is 13.2 Å². The molecule has 1 aliphatic heterocycles. The van der Waals surface area contributed by atoms with Crippen molar-refractivity contribution in [1.82, 2.24) is 4.90 Å². The zero-order valence-corrected chi connectivity index (χ0v) is 13.9. The monoisotopic (exact) mass is 387 g/mol. The van der Waals surface area contributed by atoms with Gasteiger partial charge in [0.2, 0.25) is 0 Å². The second-order valence-corrected chi connectivity index (χ2v) is 5.31. The van der Waals surface area contributed by atoms with E-state index in [0.717, 1.165) is 32.8 Å². The van der Waals surface area contributed by atoms with Gasteiger partial charge in [-0.3, -0.25) is 4.99 Å². The van der Waals surface area contributed by atoms with E-state index in [1.807, 2.05) is 0 Å². The van der Waals surface area contributed by atoms with E-state index in [9.17, 15) is 0 Å². The number of nitrogens with zero attached hydrogens (tertiary/aromatic N) is 2. The minimum Gasteiger partial charge on any atom is -0.378 e. The van der Waals surface area contributed by atoms with Gasteiger partial charge >= 0.3 is 0 Å². The molecule has 0 bridgehead atoms. The molecule has 0 spiro atoms. The fourth-order valence-corrected chi connectivity index (χ4v) is 2.66. The molecule has 2 atom stereocenters. The quantitative estimate of drug-likeness (QED) is 0.491. The summed E-state index contributed by atoms with van der Waals surface area (Å²) in [6.45, 7) is 4.09. The van der Waals surface area contributed by atoms with Gasteiger partial charge in [-0.25, -0.2) is 0 Å². The summed E-state index contributed by atoms with van der Waals surface area (Å²) in [5.41, 5.74) is 7.47. The zero-order chi connectivity index (χ0) is 13.1. The molecule has 2 aliphatic rings. The fourth-order valence-electron chi connectivity index (χ4n) is 2.66. The molecule has 2 fully saturated rings. The number of ether oxygens (including phenoxy) is 1. The molecule has 20 heavy (non-hydrogen) atoms. The third-order valence-electron chi connectivity index (χ3n) is 3.97. The highest BCUT2D eigenvalue weighted by molar-refractivity contribution is 14.0. The Morgan fingerprint density at radius 3 is 2.65 bits per heavy atom. The Kier molecular flexibility index (Phi) is 5.65. The minimum atomic E-state index is 0. The Balaban J connectivity index is 0.00000147. The normalized spacial score (nSPS) is 26.0. The van der Waals surface area contributed by atoms with Crippen LogP contribution in [0.3, 0.4) is 0 Å². The van der Waals surface area contributed by atoms with E-state index < -0.39 is 0 Å². The Labute approximate surface area is 137 Å². The number of nitrogens with two attached hydrogens (primary N) is 1. The van der Waals surface area contributed by atoms with Crippen LogP contribution in [0.1, 0.15) is 17.9 Å². The van der Waals surface area contributed by atoms with E-state index in [0.29, 0.717) is 17.8 Å². The van der Waals surface area contributed by atoms with E-state index in [1.165, 1.54) is 12.0 Å². The van der Waals surface area contributed by atoms with Crippen LogP contribution >= 0.6 is 24.0 Å². The third kappa shape index (κ3) is 3.85. The third-order valence-corrected chi connectivity index (χ3v) is 3.97. The summed E-state index contributed by atoms with van der Waals surface area (Å²) < 4.78 is 5.31. The highest BCUT2D eigenvalue weighted by Gasteiger charge is 2.37. The molecule has 3 rings (SSSR count). The van der Waals surface area contributed by atoms with Crippen LogP contribution < -0.4 is 5.73 Å². The first-order chi connectivity index (χ1) is 9.34. The number of guanidine groups is 1. The fraction of sp³-hybridized carbons (Fsp3) is 0.533. The molecule has 1 aromatic rings. The molecule has 0 amide bonds. The van der Waals surface area contributed by atoms with E-state index in [-0.39, 0.29) is 24.0 Å². The summed E-state index contributed by atoms with van der Waals surface area (Å²) in [6, 6.07) is 10.7. The summed E-state index contributed by atoms with van der Waals surface area (Å²) in [4.78, 5) is 6.66. The van der Waals surface area contributed by atoms with Crippen LogP contribution in [0, 0.1) is 5.92 Å². The molecule has 1 heterocycles. The summed E-state index contributed by atoms with van der Waals surface area (Å²) in [7, 11) is 0. The van der Waals surface area contributed by atoms with Crippen molar-refractivity contribution in [3.05, 3.63) is 35.9 Å².